The van der Waals surface area contributed by atoms with E-state index in [2.05, 4.69) is 27.5 Å². The maximum Gasteiger partial charge on any atom is 0.317 e. The Morgan fingerprint density at radius 3 is 2.58 bits per heavy atom. The Kier molecular flexibility index (Phi) is 5.46. The Balaban J connectivity index is 1.48. The summed E-state index contributed by atoms with van der Waals surface area (Å²) in [6.07, 6.45) is 9.25. The first-order valence-corrected chi connectivity index (χ1v) is 8.63. The molecule has 6 nitrogen and oxygen atoms in total. The Labute approximate surface area is 142 Å². The van der Waals surface area contributed by atoms with Crippen LogP contribution in [0, 0.1) is 0 Å². The summed E-state index contributed by atoms with van der Waals surface area (Å²) in [6, 6.07) is 8.64. The van der Waals surface area contributed by atoms with E-state index in [4.69, 9.17) is 0 Å². The van der Waals surface area contributed by atoms with Gasteiger partial charge in [0.05, 0.1) is 6.54 Å². The van der Waals surface area contributed by atoms with Crippen LogP contribution in [0.5, 0.6) is 0 Å². The molecule has 0 saturated heterocycles. The maximum atomic E-state index is 12.3. The summed E-state index contributed by atoms with van der Waals surface area (Å²) in [7, 11) is 1.91. The van der Waals surface area contributed by atoms with Crippen LogP contribution in [-0.4, -0.2) is 38.8 Å². The molecule has 1 aromatic carbocycles. The predicted octanol–water partition coefficient (Wildman–Crippen LogP) is 2.80. The fourth-order valence-corrected chi connectivity index (χ4v) is 3.20. The molecule has 1 aromatic heterocycles. The normalized spacial score (nSPS) is 15.2. The van der Waals surface area contributed by atoms with Crippen LogP contribution >= 0.6 is 0 Å². The summed E-state index contributed by atoms with van der Waals surface area (Å²) in [5.41, 5.74) is 2.26. The van der Waals surface area contributed by atoms with Gasteiger partial charge in [-0.2, -0.15) is 5.10 Å². The van der Waals surface area contributed by atoms with Gasteiger partial charge in [-0.05, 0) is 24.0 Å². The first-order chi connectivity index (χ1) is 11.7. The van der Waals surface area contributed by atoms with Gasteiger partial charge in [0.2, 0.25) is 0 Å². The molecule has 2 amide bonds. The molecule has 3 rings (SSSR count). The second-order valence-corrected chi connectivity index (χ2v) is 6.47. The summed E-state index contributed by atoms with van der Waals surface area (Å²) in [5, 5.41) is 7.12. The molecule has 0 radical (unpaired) electrons. The molecular formula is C18H25N5O. The molecule has 0 atom stereocenters. The third-order valence-electron chi connectivity index (χ3n) is 4.72. The fourth-order valence-electron chi connectivity index (χ4n) is 3.20. The van der Waals surface area contributed by atoms with Gasteiger partial charge in [0.1, 0.15) is 12.7 Å². The van der Waals surface area contributed by atoms with Crippen molar-refractivity contribution < 1.29 is 4.79 Å². The SMILES string of the molecule is CN(C(=O)NCc1ccc(Cn2cncn2)cc1)C1CCCCC1. The van der Waals surface area contributed by atoms with Crippen molar-refractivity contribution in [2.24, 2.45) is 0 Å². The van der Waals surface area contributed by atoms with E-state index in [9.17, 15) is 4.79 Å². The van der Waals surface area contributed by atoms with Crippen LogP contribution in [0.1, 0.15) is 43.2 Å². The largest absolute Gasteiger partial charge is 0.334 e. The van der Waals surface area contributed by atoms with Gasteiger partial charge in [-0.25, -0.2) is 14.5 Å². The Morgan fingerprint density at radius 2 is 1.92 bits per heavy atom. The van der Waals surface area contributed by atoms with E-state index in [-0.39, 0.29) is 6.03 Å². The van der Waals surface area contributed by atoms with E-state index in [1.54, 1.807) is 11.0 Å². The van der Waals surface area contributed by atoms with E-state index in [1.165, 1.54) is 25.6 Å². The number of nitrogens with one attached hydrogen (secondary N) is 1. The van der Waals surface area contributed by atoms with Crippen LogP contribution in [0.25, 0.3) is 0 Å². The predicted molar refractivity (Wildman–Crippen MR) is 92.4 cm³/mol. The summed E-state index contributed by atoms with van der Waals surface area (Å²) in [5.74, 6) is 0. The molecule has 0 unspecified atom stereocenters. The zero-order valence-corrected chi connectivity index (χ0v) is 14.2. The molecule has 1 aliphatic carbocycles. The van der Waals surface area contributed by atoms with Gasteiger partial charge in [0.25, 0.3) is 0 Å². The summed E-state index contributed by atoms with van der Waals surface area (Å²) >= 11 is 0. The topological polar surface area (TPSA) is 63.1 Å². The summed E-state index contributed by atoms with van der Waals surface area (Å²) in [6.45, 7) is 1.26. The van der Waals surface area contributed by atoms with Crippen LogP contribution in [0.3, 0.4) is 0 Å². The third-order valence-corrected chi connectivity index (χ3v) is 4.72. The Morgan fingerprint density at radius 1 is 1.21 bits per heavy atom. The number of carbonyl (C=O) groups excluding carboxylic acids is 1. The highest BCUT2D eigenvalue weighted by Crippen LogP contribution is 2.21. The minimum Gasteiger partial charge on any atom is -0.334 e. The lowest BCUT2D eigenvalue weighted by Crippen LogP contribution is -2.44. The summed E-state index contributed by atoms with van der Waals surface area (Å²) in [4.78, 5) is 18.1. The Hall–Kier alpha value is -2.37. The van der Waals surface area contributed by atoms with Crippen LogP contribution in [-0.2, 0) is 13.1 Å². The number of urea groups is 1. The number of amides is 2. The minimum atomic E-state index is 0.0218. The third kappa shape index (κ3) is 4.34. The van der Waals surface area contributed by atoms with Crippen molar-refractivity contribution in [3.63, 3.8) is 0 Å². The fraction of sp³-hybridized carbons (Fsp3) is 0.500. The van der Waals surface area contributed by atoms with Crippen molar-refractivity contribution in [2.45, 2.75) is 51.2 Å². The maximum absolute atomic E-state index is 12.3. The van der Waals surface area contributed by atoms with Crippen LogP contribution in [0.4, 0.5) is 4.79 Å². The monoisotopic (exact) mass is 327 g/mol. The number of hydrogen-bond donors (Lipinski definition) is 1. The van der Waals surface area contributed by atoms with E-state index in [1.807, 2.05) is 24.1 Å². The molecule has 0 aliphatic heterocycles. The highest BCUT2D eigenvalue weighted by molar-refractivity contribution is 5.74. The first kappa shape index (κ1) is 16.5. The average molecular weight is 327 g/mol. The number of benzene rings is 1. The molecule has 1 saturated carbocycles. The Bertz CT molecular complexity index is 632. The van der Waals surface area contributed by atoms with Crippen LogP contribution < -0.4 is 5.32 Å². The number of hydrogen-bond acceptors (Lipinski definition) is 3. The standard InChI is InChI=1S/C18H25N5O/c1-22(17-5-3-2-4-6-17)18(24)20-11-15-7-9-16(10-8-15)12-23-14-19-13-21-23/h7-10,13-14,17H,2-6,11-12H2,1H3,(H,20,24). The lowest BCUT2D eigenvalue weighted by atomic mass is 9.95. The smallest absolute Gasteiger partial charge is 0.317 e. The van der Waals surface area contributed by atoms with Gasteiger partial charge >= 0.3 is 6.03 Å². The quantitative estimate of drug-likeness (QED) is 0.918. The molecule has 0 spiro atoms. The molecule has 1 N–H and O–H groups in total. The molecule has 2 aromatic rings. The van der Waals surface area contributed by atoms with Gasteiger partial charge < -0.3 is 10.2 Å². The van der Waals surface area contributed by atoms with E-state index < -0.39 is 0 Å². The van der Waals surface area contributed by atoms with Gasteiger partial charge in [-0.15, -0.1) is 0 Å². The average Bonchev–Trinajstić information content (AvgIpc) is 3.14. The van der Waals surface area contributed by atoms with Crippen LogP contribution in [0.2, 0.25) is 0 Å². The molecule has 6 heteroatoms. The van der Waals surface area contributed by atoms with Crippen LogP contribution in [0.15, 0.2) is 36.9 Å². The van der Waals surface area contributed by atoms with Gasteiger partial charge in [-0.1, -0.05) is 43.5 Å². The highest BCUT2D eigenvalue weighted by Gasteiger charge is 2.21. The second-order valence-electron chi connectivity index (χ2n) is 6.47. The number of rotatable bonds is 5. The zero-order chi connectivity index (χ0) is 16.8. The molecule has 1 aliphatic rings. The van der Waals surface area contributed by atoms with Crippen molar-refractivity contribution in [1.82, 2.24) is 25.0 Å². The molecule has 128 valence electrons. The van der Waals surface area contributed by atoms with Crippen molar-refractivity contribution in [1.29, 1.82) is 0 Å². The van der Waals surface area contributed by atoms with Crippen molar-refractivity contribution in [2.75, 3.05) is 7.05 Å². The summed E-state index contributed by atoms with van der Waals surface area (Å²) < 4.78 is 1.79. The number of aromatic nitrogens is 3. The van der Waals surface area contributed by atoms with E-state index in [0.29, 0.717) is 19.1 Å². The molecule has 1 heterocycles. The molecular weight excluding hydrogens is 302 g/mol. The molecule has 1 fully saturated rings. The lowest BCUT2D eigenvalue weighted by Gasteiger charge is -2.31. The van der Waals surface area contributed by atoms with Gasteiger partial charge in [0.15, 0.2) is 0 Å². The molecule has 0 bridgehead atoms. The second kappa shape index (κ2) is 7.95. The number of nitrogens with zero attached hydrogens (tertiary/aromatic N) is 4. The lowest BCUT2D eigenvalue weighted by molar-refractivity contribution is 0.173. The van der Waals surface area contributed by atoms with Crippen molar-refractivity contribution in [3.8, 4) is 0 Å². The molecule has 24 heavy (non-hydrogen) atoms. The van der Waals surface area contributed by atoms with Crippen molar-refractivity contribution in [3.05, 3.63) is 48.0 Å². The first-order valence-electron chi connectivity index (χ1n) is 8.63. The van der Waals surface area contributed by atoms with E-state index in [0.717, 1.165) is 24.0 Å². The minimum absolute atomic E-state index is 0.0218. The van der Waals surface area contributed by atoms with Gasteiger partial charge in [-0.3, -0.25) is 0 Å². The van der Waals surface area contributed by atoms with E-state index >= 15 is 0 Å². The highest BCUT2D eigenvalue weighted by atomic mass is 16.2. The zero-order valence-electron chi connectivity index (χ0n) is 14.2. The number of carbonyl (C=O) groups is 1. The van der Waals surface area contributed by atoms with Gasteiger partial charge in [0, 0.05) is 19.6 Å². The van der Waals surface area contributed by atoms with Crippen molar-refractivity contribution >= 4 is 6.03 Å².